The summed E-state index contributed by atoms with van der Waals surface area (Å²) in [6.07, 6.45) is 3.60. The van der Waals surface area contributed by atoms with E-state index in [2.05, 4.69) is 0 Å². The molecule has 1 atom stereocenters. The minimum Gasteiger partial charge on any atom is -0.491 e. The third-order valence-corrected chi connectivity index (χ3v) is 3.08. The highest BCUT2D eigenvalue weighted by atomic mass is 16.5. The second kappa shape index (κ2) is 7.14. The molecule has 1 aromatic carbocycles. The number of benzene rings is 1. The molecule has 19 heavy (non-hydrogen) atoms. The van der Waals surface area contributed by atoms with Crippen molar-refractivity contribution in [2.45, 2.75) is 32.3 Å². The van der Waals surface area contributed by atoms with Gasteiger partial charge in [-0.2, -0.15) is 0 Å². The molecule has 4 nitrogen and oxygen atoms in total. The number of esters is 1. The normalized spacial score (nSPS) is 18.9. The summed E-state index contributed by atoms with van der Waals surface area (Å²) in [6, 6.07) is 7.01. The van der Waals surface area contributed by atoms with Crippen molar-refractivity contribution < 1.29 is 19.0 Å². The largest absolute Gasteiger partial charge is 0.491 e. The van der Waals surface area contributed by atoms with Gasteiger partial charge in [0.15, 0.2) is 0 Å². The number of carbonyl (C=O) groups is 1. The van der Waals surface area contributed by atoms with Crippen LogP contribution in [0.15, 0.2) is 24.3 Å². The quantitative estimate of drug-likeness (QED) is 0.767. The van der Waals surface area contributed by atoms with E-state index in [1.54, 1.807) is 31.2 Å². The number of rotatable bonds is 5. The predicted octanol–water partition coefficient (Wildman–Crippen LogP) is 2.81. The fourth-order valence-corrected chi connectivity index (χ4v) is 2.03. The van der Waals surface area contributed by atoms with E-state index >= 15 is 0 Å². The minimum atomic E-state index is -0.301. The van der Waals surface area contributed by atoms with Crippen LogP contribution in [0.4, 0.5) is 0 Å². The van der Waals surface area contributed by atoms with Gasteiger partial charge in [0.25, 0.3) is 0 Å². The molecule has 1 fully saturated rings. The average Bonchev–Trinajstić information content (AvgIpc) is 2.47. The molecule has 4 heteroatoms. The van der Waals surface area contributed by atoms with Crippen LogP contribution < -0.4 is 4.74 Å². The summed E-state index contributed by atoms with van der Waals surface area (Å²) in [5.41, 5.74) is 0.545. The molecule has 2 rings (SSSR count). The molecule has 0 aromatic heterocycles. The van der Waals surface area contributed by atoms with E-state index in [4.69, 9.17) is 14.2 Å². The van der Waals surface area contributed by atoms with Crippen LogP contribution in [0.2, 0.25) is 0 Å². The second-order valence-electron chi connectivity index (χ2n) is 4.54. The van der Waals surface area contributed by atoms with E-state index in [9.17, 15) is 4.79 Å². The zero-order valence-corrected chi connectivity index (χ0v) is 11.3. The Morgan fingerprint density at radius 2 is 2.11 bits per heavy atom. The fraction of sp³-hybridized carbons (Fsp3) is 0.533. The Morgan fingerprint density at radius 3 is 2.74 bits per heavy atom. The van der Waals surface area contributed by atoms with Gasteiger partial charge in [-0.25, -0.2) is 4.79 Å². The van der Waals surface area contributed by atoms with Crippen molar-refractivity contribution in [3.05, 3.63) is 29.8 Å². The molecule has 0 radical (unpaired) electrons. The summed E-state index contributed by atoms with van der Waals surface area (Å²) in [5, 5.41) is 0. The standard InChI is InChI=1S/C15H20O4/c1-2-17-15(16)12-6-8-13(9-7-12)19-11-14-5-3-4-10-18-14/h6-9,14H,2-5,10-11H2,1H3. The number of ether oxygens (including phenoxy) is 3. The van der Waals surface area contributed by atoms with Gasteiger partial charge in [-0.15, -0.1) is 0 Å². The van der Waals surface area contributed by atoms with E-state index in [0.29, 0.717) is 18.8 Å². The summed E-state index contributed by atoms with van der Waals surface area (Å²) < 4.78 is 16.2. The zero-order valence-electron chi connectivity index (χ0n) is 11.3. The Balaban J connectivity index is 1.82. The van der Waals surface area contributed by atoms with Gasteiger partial charge < -0.3 is 14.2 Å². The van der Waals surface area contributed by atoms with E-state index in [-0.39, 0.29) is 12.1 Å². The van der Waals surface area contributed by atoms with E-state index in [1.165, 1.54) is 6.42 Å². The molecule has 1 unspecified atom stereocenters. The van der Waals surface area contributed by atoms with Crippen molar-refractivity contribution >= 4 is 5.97 Å². The van der Waals surface area contributed by atoms with Crippen molar-refractivity contribution in [2.75, 3.05) is 19.8 Å². The lowest BCUT2D eigenvalue weighted by atomic mass is 10.1. The van der Waals surface area contributed by atoms with Gasteiger partial charge in [0.05, 0.1) is 18.3 Å². The van der Waals surface area contributed by atoms with Crippen molar-refractivity contribution in [2.24, 2.45) is 0 Å². The van der Waals surface area contributed by atoms with Gasteiger partial charge in [-0.1, -0.05) is 0 Å². The number of hydrogen-bond acceptors (Lipinski definition) is 4. The molecular formula is C15H20O4. The van der Waals surface area contributed by atoms with Gasteiger partial charge in [-0.05, 0) is 50.5 Å². The molecule has 104 valence electrons. The maximum atomic E-state index is 11.5. The first-order chi connectivity index (χ1) is 9.29. The Kier molecular flexibility index (Phi) is 5.21. The third-order valence-electron chi connectivity index (χ3n) is 3.08. The van der Waals surface area contributed by atoms with Gasteiger partial charge in [0.1, 0.15) is 12.4 Å². The first-order valence-electron chi connectivity index (χ1n) is 6.81. The summed E-state index contributed by atoms with van der Waals surface area (Å²) in [4.78, 5) is 11.5. The van der Waals surface area contributed by atoms with Crippen LogP contribution in [0.3, 0.4) is 0 Å². The highest BCUT2D eigenvalue weighted by Gasteiger charge is 2.14. The first-order valence-corrected chi connectivity index (χ1v) is 6.81. The van der Waals surface area contributed by atoms with Crippen LogP contribution in [-0.2, 0) is 9.47 Å². The van der Waals surface area contributed by atoms with Gasteiger partial charge in [0.2, 0.25) is 0 Å². The lowest BCUT2D eigenvalue weighted by Gasteiger charge is -2.22. The third kappa shape index (κ3) is 4.24. The predicted molar refractivity (Wildman–Crippen MR) is 71.5 cm³/mol. The molecule has 1 saturated heterocycles. The Labute approximate surface area is 113 Å². The average molecular weight is 264 g/mol. The molecule has 0 N–H and O–H groups in total. The molecule has 0 aliphatic carbocycles. The zero-order chi connectivity index (χ0) is 13.5. The smallest absolute Gasteiger partial charge is 0.338 e. The van der Waals surface area contributed by atoms with Crippen LogP contribution in [-0.4, -0.2) is 31.9 Å². The fourth-order valence-electron chi connectivity index (χ4n) is 2.03. The molecule has 0 saturated carbocycles. The molecule has 0 bridgehead atoms. The minimum absolute atomic E-state index is 0.193. The molecule has 1 aliphatic heterocycles. The van der Waals surface area contributed by atoms with Crippen LogP contribution in [0.5, 0.6) is 5.75 Å². The van der Waals surface area contributed by atoms with Crippen LogP contribution in [0.1, 0.15) is 36.5 Å². The van der Waals surface area contributed by atoms with E-state index < -0.39 is 0 Å². The lowest BCUT2D eigenvalue weighted by Crippen LogP contribution is -2.25. The number of hydrogen-bond donors (Lipinski definition) is 0. The highest BCUT2D eigenvalue weighted by molar-refractivity contribution is 5.89. The maximum Gasteiger partial charge on any atom is 0.338 e. The Bertz CT molecular complexity index is 393. The molecule has 1 aromatic rings. The maximum absolute atomic E-state index is 11.5. The number of carbonyl (C=O) groups excluding carboxylic acids is 1. The van der Waals surface area contributed by atoms with E-state index in [0.717, 1.165) is 25.2 Å². The molecule has 1 heterocycles. The lowest BCUT2D eigenvalue weighted by molar-refractivity contribution is -0.0110. The summed E-state index contributed by atoms with van der Waals surface area (Å²) >= 11 is 0. The molecule has 0 amide bonds. The molecular weight excluding hydrogens is 244 g/mol. The van der Waals surface area contributed by atoms with Crippen LogP contribution in [0.25, 0.3) is 0 Å². The Hall–Kier alpha value is -1.55. The SMILES string of the molecule is CCOC(=O)c1ccc(OCC2CCCCO2)cc1. The monoisotopic (exact) mass is 264 g/mol. The highest BCUT2D eigenvalue weighted by Crippen LogP contribution is 2.17. The second-order valence-corrected chi connectivity index (χ2v) is 4.54. The first kappa shape index (κ1) is 13.9. The summed E-state index contributed by atoms with van der Waals surface area (Å²) in [6.45, 7) is 3.57. The van der Waals surface area contributed by atoms with E-state index in [1.807, 2.05) is 0 Å². The van der Waals surface area contributed by atoms with Crippen molar-refractivity contribution in [3.63, 3.8) is 0 Å². The van der Waals surface area contributed by atoms with Gasteiger partial charge in [-0.3, -0.25) is 0 Å². The van der Waals surface area contributed by atoms with Gasteiger partial charge in [0, 0.05) is 6.61 Å². The van der Waals surface area contributed by atoms with Crippen molar-refractivity contribution in [1.29, 1.82) is 0 Å². The van der Waals surface area contributed by atoms with Crippen molar-refractivity contribution in [1.82, 2.24) is 0 Å². The Morgan fingerprint density at radius 1 is 1.32 bits per heavy atom. The summed E-state index contributed by atoms with van der Waals surface area (Å²) in [5.74, 6) is 0.451. The van der Waals surface area contributed by atoms with Crippen LogP contribution >= 0.6 is 0 Å². The van der Waals surface area contributed by atoms with Crippen molar-refractivity contribution in [3.8, 4) is 5.75 Å². The molecule has 1 aliphatic rings. The molecule has 0 spiro atoms. The topological polar surface area (TPSA) is 44.8 Å². The summed E-state index contributed by atoms with van der Waals surface area (Å²) in [7, 11) is 0. The van der Waals surface area contributed by atoms with Gasteiger partial charge >= 0.3 is 5.97 Å². The van der Waals surface area contributed by atoms with Crippen LogP contribution in [0, 0.1) is 0 Å².